The van der Waals surface area contributed by atoms with E-state index in [1.165, 1.54) is 5.69 Å². The van der Waals surface area contributed by atoms with Gasteiger partial charge in [0, 0.05) is 48.6 Å². The summed E-state index contributed by atoms with van der Waals surface area (Å²) in [5, 5.41) is 7.04. The lowest BCUT2D eigenvalue weighted by Gasteiger charge is -2.31. The predicted molar refractivity (Wildman–Crippen MR) is 101 cm³/mol. The first-order chi connectivity index (χ1) is 11.0. The largest absolute Gasteiger partial charge is 0.609 e. The molecule has 1 aromatic carbocycles. The summed E-state index contributed by atoms with van der Waals surface area (Å²) in [7, 11) is 0. The molecule has 2 heterocycles. The fourth-order valence-corrected chi connectivity index (χ4v) is 4.17. The molecule has 0 aromatic heterocycles. The van der Waals surface area contributed by atoms with Crippen molar-refractivity contribution in [1.29, 1.82) is 0 Å². The van der Waals surface area contributed by atoms with Gasteiger partial charge in [-0.25, -0.2) is 0 Å². The maximum Gasteiger partial charge on any atom is 0.318 e. The standard InChI is InChI=1S/C16H22N4OS2/c1-16(2)14(22)18-15(19-16)23(21)11-12-5-3-4-6-13(12)20-9-7-17-8-10-20/h3-6,17H,7-11H2,1-2H3,(H,18,19,22). The lowest BCUT2D eigenvalue weighted by Crippen LogP contribution is -2.45. The van der Waals surface area contributed by atoms with Gasteiger partial charge in [0.25, 0.3) is 0 Å². The van der Waals surface area contributed by atoms with Gasteiger partial charge in [0.1, 0.15) is 10.7 Å². The number of thiocarbonyl (C=S) groups is 1. The van der Waals surface area contributed by atoms with E-state index in [0.717, 1.165) is 31.7 Å². The number of para-hydroxylation sites is 1. The van der Waals surface area contributed by atoms with Crippen molar-refractivity contribution in [2.75, 3.05) is 31.1 Å². The van der Waals surface area contributed by atoms with Crippen molar-refractivity contribution in [2.24, 2.45) is 4.99 Å². The van der Waals surface area contributed by atoms with Crippen LogP contribution in [-0.4, -0.2) is 46.4 Å². The molecule has 2 aliphatic rings. The zero-order valence-corrected chi connectivity index (χ0v) is 15.1. The van der Waals surface area contributed by atoms with Crippen molar-refractivity contribution in [3.8, 4) is 0 Å². The second-order valence-electron chi connectivity index (χ2n) is 6.33. The van der Waals surface area contributed by atoms with E-state index in [-0.39, 0.29) is 0 Å². The highest BCUT2D eigenvalue weighted by atomic mass is 32.2. The van der Waals surface area contributed by atoms with Gasteiger partial charge in [0.15, 0.2) is 0 Å². The van der Waals surface area contributed by atoms with Crippen molar-refractivity contribution in [3.63, 3.8) is 0 Å². The van der Waals surface area contributed by atoms with Crippen LogP contribution in [0.3, 0.4) is 0 Å². The van der Waals surface area contributed by atoms with Gasteiger partial charge in [-0.15, -0.1) is 0 Å². The summed E-state index contributed by atoms with van der Waals surface area (Å²) in [6, 6.07) is 8.19. The van der Waals surface area contributed by atoms with Crippen LogP contribution < -0.4 is 15.5 Å². The number of hydrogen-bond acceptors (Lipinski definition) is 5. The molecule has 0 aliphatic carbocycles. The lowest BCUT2D eigenvalue weighted by atomic mass is 10.1. The second-order valence-corrected chi connectivity index (χ2v) is 8.08. The minimum Gasteiger partial charge on any atom is -0.609 e. The molecule has 2 N–H and O–H groups in total. The first kappa shape index (κ1) is 16.7. The minimum absolute atomic E-state index is 0.390. The maximum atomic E-state index is 12.7. The van der Waals surface area contributed by atoms with Crippen LogP contribution in [0.5, 0.6) is 0 Å². The van der Waals surface area contributed by atoms with Crippen LogP contribution in [0, 0.1) is 0 Å². The summed E-state index contributed by atoms with van der Waals surface area (Å²) >= 11 is 4.03. The summed E-state index contributed by atoms with van der Waals surface area (Å²) in [5.41, 5.74) is 1.87. The number of nitrogens with one attached hydrogen (secondary N) is 2. The molecule has 124 valence electrons. The van der Waals surface area contributed by atoms with Gasteiger partial charge >= 0.3 is 5.17 Å². The van der Waals surface area contributed by atoms with Crippen LogP contribution in [0.15, 0.2) is 29.3 Å². The van der Waals surface area contributed by atoms with Crippen LogP contribution in [0.25, 0.3) is 0 Å². The molecule has 1 unspecified atom stereocenters. The Labute approximate surface area is 145 Å². The highest BCUT2D eigenvalue weighted by Gasteiger charge is 2.37. The third-order valence-corrected chi connectivity index (χ3v) is 5.91. The summed E-state index contributed by atoms with van der Waals surface area (Å²) in [4.78, 5) is 7.21. The number of benzene rings is 1. The SMILES string of the molecule is CC1(C)NC([S+]([O-])Cc2ccccc2N2CCNCC2)=NC1=S. The molecular weight excluding hydrogens is 328 g/mol. The number of anilines is 1. The molecule has 1 saturated heterocycles. The smallest absolute Gasteiger partial charge is 0.318 e. The summed E-state index contributed by atoms with van der Waals surface area (Å²) in [6.45, 7) is 7.82. The van der Waals surface area contributed by atoms with E-state index in [2.05, 4.69) is 26.6 Å². The van der Waals surface area contributed by atoms with E-state index in [1.807, 2.05) is 32.0 Å². The number of amidine groups is 1. The fraction of sp³-hybridized carbons (Fsp3) is 0.500. The summed E-state index contributed by atoms with van der Waals surface area (Å²) in [5.74, 6) is 0.449. The van der Waals surface area contributed by atoms with Crippen LogP contribution >= 0.6 is 12.2 Å². The van der Waals surface area contributed by atoms with E-state index in [4.69, 9.17) is 12.2 Å². The molecule has 1 fully saturated rings. The van der Waals surface area contributed by atoms with Gasteiger partial charge < -0.3 is 20.1 Å². The Balaban J connectivity index is 1.75. The predicted octanol–water partition coefficient (Wildman–Crippen LogP) is 1.41. The Morgan fingerprint density at radius 1 is 1.30 bits per heavy atom. The van der Waals surface area contributed by atoms with E-state index < -0.39 is 16.7 Å². The quantitative estimate of drug-likeness (QED) is 0.637. The van der Waals surface area contributed by atoms with E-state index in [9.17, 15) is 4.55 Å². The van der Waals surface area contributed by atoms with Crippen molar-refractivity contribution < 1.29 is 4.55 Å². The van der Waals surface area contributed by atoms with Crippen molar-refractivity contribution in [2.45, 2.75) is 25.1 Å². The topological polar surface area (TPSA) is 62.7 Å². The second kappa shape index (κ2) is 6.76. The number of aliphatic imine (C=N–C) groups is 1. The van der Waals surface area contributed by atoms with Crippen LogP contribution in [-0.2, 0) is 16.9 Å². The van der Waals surface area contributed by atoms with Crippen molar-refractivity contribution in [3.05, 3.63) is 29.8 Å². The molecule has 2 aliphatic heterocycles. The van der Waals surface area contributed by atoms with Gasteiger partial charge in [-0.3, -0.25) is 0 Å². The van der Waals surface area contributed by atoms with Gasteiger partial charge in [0.05, 0.1) is 5.54 Å². The van der Waals surface area contributed by atoms with Crippen LogP contribution in [0.4, 0.5) is 5.69 Å². The Bertz CT molecular complexity index is 626. The Morgan fingerprint density at radius 3 is 2.65 bits per heavy atom. The highest BCUT2D eigenvalue weighted by molar-refractivity contribution is 8.05. The third kappa shape index (κ3) is 3.68. The number of piperazine rings is 1. The first-order valence-electron chi connectivity index (χ1n) is 7.80. The third-order valence-electron chi connectivity index (χ3n) is 4.11. The van der Waals surface area contributed by atoms with Crippen molar-refractivity contribution >= 4 is 39.2 Å². The molecule has 23 heavy (non-hydrogen) atoms. The lowest BCUT2D eigenvalue weighted by molar-refractivity contribution is 0.587. The molecule has 5 nitrogen and oxygen atoms in total. The highest BCUT2D eigenvalue weighted by Crippen LogP contribution is 2.25. The Hall–Kier alpha value is -1.15. The maximum absolute atomic E-state index is 12.7. The van der Waals surface area contributed by atoms with Crippen molar-refractivity contribution in [1.82, 2.24) is 10.6 Å². The van der Waals surface area contributed by atoms with Gasteiger partial charge in [-0.05, 0) is 19.9 Å². The van der Waals surface area contributed by atoms with Gasteiger partial charge in [0.2, 0.25) is 0 Å². The van der Waals surface area contributed by atoms with E-state index in [1.54, 1.807) is 0 Å². The molecule has 0 amide bonds. The molecule has 0 spiro atoms. The molecule has 7 heteroatoms. The van der Waals surface area contributed by atoms with Gasteiger partial charge in [-0.1, -0.05) is 30.4 Å². The monoisotopic (exact) mass is 350 g/mol. The summed E-state index contributed by atoms with van der Waals surface area (Å²) in [6.07, 6.45) is 0. The van der Waals surface area contributed by atoms with Crippen LogP contribution in [0.1, 0.15) is 19.4 Å². The minimum atomic E-state index is -1.22. The normalized spacial score (nSPS) is 21.8. The fourth-order valence-electron chi connectivity index (χ4n) is 2.75. The van der Waals surface area contributed by atoms with E-state index >= 15 is 0 Å². The van der Waals surface area contributed by atoms with E-state index in [0.29, 0.717) is 15.9 Å². The molecule has 3 rings (SSSR count). The number of rotatable bonds is 3. The molecule has 0 radical (unpaired) electrons. The average molecular weight is 351 g/mol. The molecular formula is C16H22N4OS2. The van der Waals surface area contributed by atoms with Crippen LogP contribution in [0.2, 0.25) is 0 Å². The zero-order valence-electron chi connectivity index (χ0n) is 13.5. The Morgan fingerprint density at radius 2 is 2.00 bits per heavy atom. The molecule has 0 saturated carbocycles. The molecule has 1 atom stereocenters. The molecule has 0 bridgehead atoms. The number of hydrogen-bond donors (Lipinski definition) is 2. The molecule has 1 aromatic rings. The Kier molecular flexibility index (Phi) is 4.91. The first-order valence-corrected chi connectivity index (χ1v) is 9.53. The number of nitrogens with zero attached hydrogens (tertiary/aromatic N) is 2. The summed E-state index contributed by atoms with van der Waals surface area (Å²) < 4.78 is 12.7. The van der Waals surface area contributed by atoms with Gasteiger partial charge in [-0.2, -0.15) is 4.99 Å². The average Bonchev–Trinajstić information content (AvgIpc) is 2.82. The zero-order chi connectivity index (χ0) is 16.4.